The summed E-state index contributed by atoms with van der Waals surface area (Å²) in [5, 5.41) is 10.1. The maximum absolute atomic E-state index is 10.1. The summed E-state index contributed by atoms with van der Waals surface area (Å²) in [6.07, 6.45) is 2.09. The Morgan fingerprint density at radius 3 is 2.59 bits per heavy atom. The molecule has 3 aromatic rings. The highest BCUT2D eigenvalue weighted by molar-refractivity contribution is 5.47. The van der Waals surface area contributed by atoms with Crippen molar-refractivity contribution in [2.45, 2.75) is 26.4 Å². The van der Waals surface area contributed by atoms with Crippen molar-refractivity contribution >= 4 is 5.65 Å². The van der Waals surface area contributed by atoms with Gasteiger partial charge in [-0.1, -0.05) is 12.1 Å². The molecule has 22 heavy (non-hydrogen) atoms. The van der Waals surface area contributed by atoms with Crippen LogP contribution in [-0.4, -0.2) is 21.6 Å². The topological polar surface area (TPSA) is 46.8 Å². The summed E-state index contributed by atoms with van der Waals surface area (Å²) in [5.41, 5.74) is 4.93. The van der Waals surface area contributed by atoms with E-state index in [-0.39, 0.29) is 0 Å². The van der Waals surface area contributed by atoms with Crippen molar-refractivity contribution in [3.05, 3.63) is 65.1 Å². The molecule has 114 valence electrons. The van der Waals surface area contributed by atoms with Crippen molar-refractivity contribution in [3.63, 3.8) is 0 Å². The van der Waals surface area contributed by atoms with E-state index in [1.165, 1.54) is 0 Å². The molecule has 4 heteroatoms. The second kappa shape index (κ2) is 5.81. The highest BCUT2D eigenvalue weighted by Crippen LogP contribution is 2.23. The molecular weight excluding hydrogens is 276 g/mol. The lowest BCUT2D eigenvalue weighted by Crippen LogP contribution is -2.02. The lowest BCUT2D eigenvalue weighted by Gasteiger charge is -2.08. The van der Waals surface area contributed by atoms with E-state index in [2.05, 4.69) is 0 Å². The van der Waals surface area contributed by atoms with Crippen molar-refractivity contribution in [1.29, 1.82) is 0 Å². The van der Waals surface area contributed by atoms with Crippen molar-refractivity contribution < 1.29 is 9.84 Å². The van der Waals surface area contributed by atoms with Crippen molar-refractivity contribution in [1.82, 2.24) is 9.38 Å². The van der Waals surface area contributed by atoms with Gasteiger partial charge < -0.3 is 14.2 Å². The zero-order chi connectivity index (χ0) is 15.7. The van der Waals surface area contributed by atoms with Crippen LogP contribution in [0, 0.1) is 6.92 Å². The third-order valence-electron chi connectivity index (χ3n) is 3.82. The van der Waals surface area contributed by atoms with Gasteiger partial charge in [0.05, 0.1) is 24.6 Å². The number of aliphatic hydroxyl groups excluding tert-OH is 1. The molecule has 2 aromatic heterocycles. The molecule has 0 saturated heterocycles. The number of nitrogens with zero attached hydrogens (tertiary/aromatic N) is 2. The molecule has 0 aliphatic rings. The number of hydrogen-bond acceptors (Lipinski definition) is 3. The van der Waals surface area contributed by atoms with Gasteiger partial charge in [-0.05, 0) is 49.2 Å². The number of aryl methyl sites for hydroxylation is 1. The van der Waals surface area contributed by atoms with Gasteiger partial charge in [0.2, 0.25) is 0 Å². The van der Waals surface area contributed by atoms with Crippen LogP contribution in [0.4, 0.5) is 0 Å². The molecule has 0 bridgehead atoms. The number of pyridine rings is 1. The van der Waals surface area contributed by atoms with Gasteiger partial charge in [-0.2, -0.15) is 0 Å². The van der Waals surface area contributed by atoms with Gasteiger partial charge in [0.1, 0.15) is 11.4 Å². The standard InChI is InChI=1S/C18H20N2O2/c1-12-8-9-20-17(10-12)19-16(18(20)13(2)21)11-14-4-6-15(22-3)7-5-14/h4-10,13,21H,11H2,1-3H3. The van der Waals surface area contributed by atoms with Gasteiger partial charge in [-0.3, -0.25) is 0 Å². The van der Waals surface area contributed by atoms with Gasteiger partial charge in [-0.15, -0.1) is 0 Å². The maximum atomic E-state index is 10.1. The highest BCUT2D eigenvalue weighted by Gasteiger charge is 2.16. The SMILES string of the molecule is COc1ccc(Cc2nc3cc(C)ccn3c2C(C)O)cc1. The molecule has 0 aliphatic heterocycles. The quantitative estimate of drug-likeness (QED) is 0.803. The van der Waals surface area contributed by atoms with E-state index in [1.54, 1.807) is 14.0 Å². The second-order valence-electron chi connectivity index (χ2n) is 5.58. The van der Waals surface area contributed by atoms with Gasteiger partial charge >= 0.3 is 0 Å². The molecule has 0 amide bonds. The summed E-state index contributed by atoms with van der Waals surface area (Å²) in [7, 11) is 1.66. The minimum Gasteiger partial charge on any atom is -0.497 e. The van der Waals surface area contributed by atoms with Crippen LogP contribution >= 0.6 is 0 Å². The molecule has 0 fully saturated rings. The minimum absolute atomic E-state index is 0.564. The molecule has 4 nitrogen and oxygen atoms in total. The predicted molar refractivity (Wildman–Crippen MR) is 86.4 cm³/mol. The first-order chi connectivity index (χ1) is 10.6. The van der Waals surface area contributed by atoms with E-state index in [4.69, 9.17) is 9.72 Å². The molecular formula is C18H20N2O2. The number of aliphatic hydroxyl groups is 1. The van der Waals surface area contributed by atoms with Crippen LogP contribution in [0.3, 0.4) is 0 Å². The minimum atomic E-state index is -0.564. The summed E-state index contributed by atoms with van der Waals surface area (Å²) in [5.74, 6) is 0.838. The number of methoxy groups -OCH3 is 1. The van der Waals surface area contributed by atoms with Gasteiger partial charge in [0.15, 0.2) is 0 Å². The molecule has 1 aromatic carbocycles. The molecule has 2 heterocycles. The smallest absolute Gasteiger partial charge is 0.137 e. The highest BCUT2D eigenvalue weighted by atomic mass is 16.5. The Balaban J connectivity index is 2.03. The van der Waals surface area contributed by atoms with Crippen molar-refractivity contribution in [2.75, 3.05) is 7.11 Å². The molecule has 1 N–H and O–H groups in total. The summed E-state index contributed by atoms with van der Waals surface area (Å²) in [6, 6.07) is 12.0. The fourth-order valence-corrected chi connectivity index (χ4v) is 2.72. The van der Waals surface area contributed by atoms with Crippen LogP contribution in [0.2, 0.25) is 0 Å². The Bertz CT molecular complexity index is 789. The van der Waals surface area contributed by atoms with E-state index in [9.17, 15) is 5.11 Å². The molecule has 3 rings (SSSR count). The zero-order valence-corrected chi connectivity index (χ0v) is 13.1. The van der Waals surface area contributed by atoms with Gasteiger partial charge in [-0.25, -0.2) is 4.98 Å². The molecule has 0 saturated carbocycles. The first kappa shape index (κ1) is 14.6. The van der Waals surface area contributed by atoms with Gasteiger partial charge in [0.25, 0.3) is 0 Å². The molecule has 0 aliphatic carbocycles. The van der Waals surface area contributed by atoms with Gasteiger partial charge in [0, 0.05) is 12.6 Å². The second-order valence-corrected chi connectivity index (χ2v) is 5.58. The fourth-order valence-electron chi connectivity index (χ4n) is 2.72. The summed E-state index contributed by atoms with van der Waals surface area (Å²) < 4.78 is 7.15. The monoisotopic (exact) mass is 296 g/mol. The lowest BCUT2D eigenvalue weighted by molar-refractivity contribution is 0.192. The Kier molecular flexibility index (Phi) is 3.86. The molecule has 1 unspecified atom stereocenters. The Morgan fingerprint density at radius 2 is 1.95 bits per heavy atom. The summed E-state index contributed by atoms with van der Waals surface area (Å²) in [4.78, 5) is 4.70. The summed E-state index contributed by atoms with van der Waals surface area (Å²) >= 11 is 0. The van der Waals surface area contributed by atoms with E-state index >= 15 is 0 Å². The number of fused-ring (bicyclic) bond motifs is 1. The van der Waals surface area contributed by atoms with Crippen LogP contribution < -0.4 is 4.74 Å². The fraction of sp³-hybridized carbons (Fsp3) is 0.278. The number of ether oxygens (including phenoxy) is 1. The third kappa shape index (κ3) is 2.70. The number of aromatic nitrogens is 2. The molecule has 1 atom stereocenters. The van der Waals surface area contributed by atoms with Crippen LogP contribution in [0.1, 0.15) is 35.5 Å². The van der Waals surface area contributed by atoms with Crippen LogP contribution in [-0.2, 0) is 6.42 Å². The van der Waals surface area contributed by atoms with E-state index < -0.39 is 6.10 Å². The number of imidazole rings is 1. The van der Waals surface area contributed by atoms with Crippen molar-refractivity contribution in [3.8, 4) is 5.75 Å². The van der Waals surface area contributed by atoms with E-state index in [0.29, 0.717) is 6.42 Å². The number of hydrogen-bond donors (Lipinski definition) is 1. The van der Waals surface area contributed by atoms with Crippen LogP contribution in [0.15, 0.2) is 42.6 Å². The van der Waals surface area contributed by atoms with Crippen LogP contribution in [0.5, 0.6) is 5.75 Å². The number of benzene rings is 1. The first-order valence-electron chi connectivity index (χ1n) is 7.37. The van der Waals surface area contributed by atoms with E-state index in [0.717, 1.165) is 33.9 Å². The Hall–Kier alpha value is -2.33. The Labute approximate surface area is 130 Å². The average Bonchev–Trinajstić information content (AvgIpc) is 2.85. The normalized spacial score (nSPS) is 12.5. The van der Waals surface area contributed by atoms with E-state index in [1.807, 2.05) is 53.9 Å². The predicted octanol–water partition coefficient (Wildman–Crippen LogP) is 3.30. The largest absolute Gasteiger partial charge is 0.497 e. The first-order valence-corrected chi connectivity index (χ1v) is 7.37. The number of rotatable bonds is 4. The summed E-state index contributed by atoms with van der Waals surface area (Å²) in [6.45, 7) is 3.82. The average molecular weight is 296 g/mol. The molecule has 0 spiro atoms. The zero-order valence-electron chi connectivity index (χ0n) is 13.1. The van der Waals surface area contributed by atoms with Crippen LogP contribution in [0.25, 0.3) is 5.65 Å². The Morgan fingerprint density at radius 1 is 1.23 bits per heavy atom. The molecule has 0 radical (unpaired) electrons. The third-order valence-corrected chi connectivity index (χ3v) is 3.82. The lowest BCUT2D eigenvalue weighted by atomic mass is 10.1. The maximum Gasteiger partial charge on any atom is 0.137 e. The van der Waals surface area contributed by atoms with Crippen molar-refractivity contribution in [2.24, 2.45) is 0 Å².